The number of nitrogens with zero attached hydrogens (tertiary/aromatic N) is 1. The maximum Gasteiger partial charge on any atom is 0.383 e. The first kappa shape index (κ1) is 12.5. The second-order valence-corrected chi connectivity index (χ2v) is 3.29. The van der Waals surface area contributed by atoms with Crippen molar-refractivity contribution in [2.45, 2.75) is 18.9 Å². The van der Waals surface area contributed by atoms with Gasteiger partial charge in [0.1, 0.15) is 0 Å². The molecule has 1 aromatic heterocycles. The van der Waals surface area contributed by atoms with E-state index in [4.69, 9.17) is 0 Å². The van der Waals surface area contributed by atoms with Crippen LogP contribution in [0.2, 0.25) is 0 Å². The zero-order valence-electron chi connectivity index (χ0n) is 8.38. The third-order valence-electron chi connectivity index (χ3n) is 1.92. The topological polar surface area (TPSA) is 34.0 Å². The van der Waals surface area contributed by atoms with Gasteiger partial charge >= 0.3 is 12.3 Å². The zero-order valence-corrected chi connectivity index (χ0v) is 8.38. The molecule has 0 fully saturated rings. The summed E-state index contributed by atoms with van der Waals surface area (Å²) in [5.74, 6) is -6.61. The van der Waals surface area contributed by atoms with Crippen molar-refractivity contribution in [2.24, 2.45) is 7.05 Å². The number of aryl methyl sites for hydroxylation is 1. The van der Waals surface area contributed by atoms with Gasteiger partial charge in [-0.15, -0.1) is 0 Å². The number of hydrogen-bond donors (Lipinski definition) is 1. The largest absolute Gasteiger partial charge is 0.383 e. The minimum atomic E-state index is -4.64. The summed E-state index contributed by atoms with van der Waals surface area (Å²) in [6.45, 7) is -0.206. The quantitative estimate of drug-likeness (QED) is 0.793. The van der Waals surface area contributed by atoms with Crippen LogP contribution in [0.4, 0.5) is 17.6 Å². The number of carbonyl (C=O) groups is 1. The molecule has 1 aromatic rings. The zero-order chi connectivity index (χ0) is 12.3. The second kappa shape index (κ2) is 4.54. The van der Waals surface area contributed by atoms with E-state index >= 15 is 0 Å². The summed E-state index contributed by atoms with van der Waals surface area (Å²) < 4.78 is 50.2. The normalized spacial score (nSPS) is 11.9. The van der Waals surface area contributed by atoms with Crippen LogP contribution in [0.5, 0.6) is 0 Å². The number of carbonyl (C=O) groups excluding carboxylic acids is 1. The molecule has 0 saturated carbocycles. The Morgan fingerprint density at radius 2 is 2.19 bits per heavy atom. The molecule has 1 heterocycles. The molecule has 90 valence electrons. The highest BCUT2D eigenvalue weighted by Crippen LogP contribution is 2.22. The van der Waals surface area contributed by atoms with Crippen LogP contribution >= 0.6 is 0 Å². The second-order valence-electron chi connectivity index (χ2n) is 3.29. The van der Waals surface area contributed by atoms with E-state index in [2.05, 4.69) is 0 Å². The van der Waals surface area contributed by atoms with Gasteiger partial charge in [-0.1, -0.05) is 0 Å². The number of hydrogen-bond acceptors (Lipinski definition) is 1. The van der Waals surface area contributed by atoms with Gasteiger partial charge in [0, 0.05) is 26.0 Å². The highest BCUT2D eigenvalue weighted by atomic mass is 19.3. The van der Waals surface area contributed by atoms with Crippen molar-refractivity contribution in [2.75, 3.05) is 0 Å². The smallest absolute Gasteiger partial charge is 0.357 e. The third-order valence-corrected chi connectivity index (χ3v) is 1.92. The van der Waals surface area contributed by atoms with Crippen molar-refractivity contribution in [3.05, 3.63) is 24.0 Å². The van der Waals surface area contributed by atoms with E-state index in [9.17, 15) is 22.4 Å². The summed E-state index contributed by atoms with van der Waals surface area (Å²) in [5.41, 5.74) is 0.556. The van der Waals surface area contributed by atoms with Gasteiger partial charge in [-0.05, 0) is 11.6 Å². The maximum absolute atomic E-state index is 12.5. The van der Waals surface area contributed by atoms with E-state index in [-0.39, 0.29) is 6.54 Å². The number of rotatable bonds is 4. The maximum atomic E-state index is 12.5. The Hall–Kier alpha value is -1.53. The van der Waals surface area contributed by atoms with Gasteiger partial charge in [0.15, 0.2) is 0 Å². The summed E-state index contributed by atoms with van der Waals surface area (Å²) in [4.78, 5) is 10.7. The van der Waals surface area contributed by atoms with Crippen molar-refractivity contribution in [3.63, 3.8) is 0 Å². The molecule has 0 spiro atoms. The Kier molecular flexibility index (Phi) is 3.56. The summed E-state index contributed by atoms with van der Waals surface area (Å²) in [6.07, 6.45) is -0.767. The Morgan fingerprint density at radius 3 is 2.62 bits per heavy atom. The fraction of sp³-hybridized carbons (Fsp3) is 0.444. The molecule has 0 radical (unpaired) electrons. The minimum Gasteiger partial charge on any atom is -0.357 e. The number of aromatic nitrogens is 1. The molecule has 0 bridgehead atoms. The molecule has 0 atom stereocenters. The van der Waals surface area contributed by atoms with Crippen molar-refractivity contribution in [3.8, 4) is 0 Å². The Labute approximate surface area is 89.0 Å². The van der Waals surface area contributed by atoms with E-state index < -0.39 is 18.3 Å². The van der Waals surface area contributed by atoms with E-state index in [1.165, 1.54) is 0 Å². The van der Waals surface area contributed by atoms with Crippen LogP contribution in [0.25, 0.3) is 0 Å². The fourth-order valence-corrected chi connectivity index (χ4v) is 1.06. The van der Waals surface area contributed by atoms with Crippen LogP contribution in [-0.2, 0) is 18.4 Å². The Morgan fingerprint density at radius 1 is 1.56 bits per heavy atom. The molecular weight excluding hydrogens is 228 g/mol. The molecule has 1 N–H and O–H groups in total. The molecule has 1 amide bonds. The minimum absolute atomic E-state index is 0.206. The molecular formula is C9H10F4N2O. The molecule has 16 heavy (non-hydrogen) atoms. The SMILES string of the molecule is Cn1ccc(CNC(=O)C(F)(F)C(F)F)c1. The first-order valence-corrected chi connectivity index (χ1v) is 4.39. The molecule has 0 aliphatic rings. The van der Waals surface area contributed by atoms with Crippen LogP contribution in [-0.4, -0.2) is 22.8 Å². The summed E-state index contributed by atoms with van der Waals surface area (Å²) >= 11 is 0. The van der Waals surface area contributed by atoms with Crippen LogP contribution in [0.1, 0.15) is 5.56 Å². The van der Waals surface area contributed by atoms with Crippen LogP contribution in [0.3, 0.4) is 0 Å². The number of amides is 1. The van der Waals surface area contributed by atoms with Gasteiger partial charge in [0.2, 0.25) is 0 Å². The standard InChI is InChI=1S/C9H10F4N2O/c1-15-3-2-6(5-15)4-14-8(16)9(12,13)7(10)11/h2-3,5,7H,4H2,1H3,(H,14,16). The van der Waals surface area contributed by atoms with Gasteiger partial charge < -0.3 is 9.88 Å². The molecule has 0 saturated heterocycles. The van der Waals surface area contributed by atoms with Crippen LogP contribution in [0.15, 0.2) is 18.5 Å². The molecule has 1 rings (SSSR count). The lowest BCUT2D eigenvalue weighted by Gasteiger charge is -2.14. The number of halogens is 4. The van der Waals surface area contributed by atoms with E-state index in [0.717, 1.165) is 0 Å². The van der Waals surface area contributed by atoms with Gasteiger partial charge in [0.25, 0.3) is 5.91 Å². The van der Waals surface area contributed by atoms with Gasteiger partial charge in [-0.2, -0.15) is 8.78 Å². The third kappa shape index (κ3) is 2.74. The lowest BCUT2D eigenvalue weighted by atomic mass is 10.3. The molecule has 0 aromatic carbocycles. The highest BCUT2D eigenvalue weighted by Gasteiger charge is 2.48. The van der Waals surface area contributed by atoms with E-state index in [1.807, 2.05) is 0 Å². The lowest BCUT2D eigenvalue weighted by Crippen LogP contribution is -2.44. The number of nitrogens with one attached hydrogen (secondary N) is 1. The first-order valence-electron chi connectivity index (χ1n) is 4.39. The van der Waals surface area contributed by atoms with Gasteiger partial charge in [-0.3, -0.25) is 4.79 Å². The van der Waals surface area contributed by atoms with E-state index in [1.54, 1.807) is 35.4 Å². The Bertz CT molecular complexity index is 375. The molecule has 7 heteroatoms. The summed E-state index contributed by atoms with van der Waals surface area (Å²) in [6, 6.07) is 1.58. The fourth-order valence-electron chi connectivity index (χ4n) is 1.06. The van der Waals surface area contributed by atoms with Crippen molar-refractivity contribution in [1.29, 1.82) is 0 Å². The molecule has 0 aliphatic heterocycles. The van der Waals surface area contributed by atoms with Crippen LogP contribution < -0.4 is 5.32 Å². The van der Waals surface area contributed by atoms with Gasteiger partial charge in [0.05, 0.1) is 0 Å². The van der Waals surface area contributed by atoms with Crippen molar-refractivity contribution < 1.29 is 22.4 Å². The van der Waals surface area contributed by atoms with Gasteiger partial charge in [-0.25, -0.2) is 8.78 Å². The highest BCUT2D eigenvalue weighted by molar-refractivity contribution is 5.83. The Balaban J connectivity index is 2.53. The van der Waals surface area contributed by atoms with E-state index in [0.29, 0.717) is 5.56 Å². The van der Waals surface area contributed by atoms with Crippen molar-refractivity contribution in [1.82, 2.24) is 9.88 Å². The lowest BCUT2D eigenvalue weighted by molar-refractivity contribution is -0.169. The summed E-state index contributed by atoms with van der Waals surface area (Å²) in [5, 5.41) is 1.75. The predicted octanol–water partition coefficient (Wildman–Crippen LogP) is 1.54. The number of alkyl halides is 4. The average molecular weight is 238 g/mol. The van der Waals surface area contributed by atoms with Crippen LogP contribution in [0, 0.1) is 0 Å². The molecule has 0 aliphatic carbocycles. The average Bonchev–Trinajstić information content (AvgIpc) is 2.60. The summed E-state index contributed by atoms with van der Waals surface area (Å²) in [7, 11) is 1.71. The molecule has 0 unspecified atom stereocenters. The molecule has 3 nitrogen and oxygen atoms in total. The predicted molar refractivity (Wildman–Crippen MR) is 48.2 cm³/mol. The first-order chi connectivity index (χ1) is 7.34. The monoisotopic (exact) mass is 238 g/mol. The van der Waals surface area contributed by atoms with Crippen molar-refractivity contribution >= 4 is 5.91 Å².